The van der Waals surface area contributed by atoms with Gasteiger partial charge in [0.2, 0.25) is 5.89 Å². The molecule has 11 heteroatoms. The number of carbonyl (C=O) groups is 1. The number of carbonyl (C=O) groups excluding carboxylic acids is 1. The van der Waals surface area contributed by atoms with Crippen molar-refractivity contribution in [2.75, 3.05) is 13.1 Å². The van der Waals surface area contributed by atoms with E-state index in [1.807, 2.05) is 20.8 Å². The predicted molar refractivity (Wildman–Crippen MR) is 122 cm³/mol. The molecule has 1 N–H and O–H groups in total. The van der Waals surface area contributed by atoms with Crippen molar-refractivity contribution in [3.8, 4) is 22.9 Å². The molecule has 34 heavy (non-hydrogen) atoms. The normalized spacial score (nSPS) is 15.1. The number of aromatic nitrogens is 6. The summed E-state index contributed by atoms with van der Waals surface area (Å²) >= 11 is 0. The first-order valence-electron chi connectivity index (χ1n) is 11.1. The average Bonchev–Trinajstić information content (AvgIpc) is 3.45. The lowest BCUT2D eigenvalue weighted by atomic mass is 9.93. The van der Waals surface area contributed by atoms with Gasteiger partial charge in [-0.2, -0.15) is 5.10 Å². The molecule has 1 aliphatic heterocycles. The van der Waals surface area contributed by atoms with Gasteiger partial charge in [0.1, 0.15) is 16.8 Å². The number of likely N-dealkylation sites (tertiary alicyclic amines) is 1. The molecule has 1 fully saturated rings. The van der Waals surface area contributed by atoms with E-state index in [1.54, 1.807) is 46.2 Å². The molecule has 0 bridgehead atoms. The van der Waals surface area contributed by atoms with Gasteiger partial charge in [-0.3, -0.25) is 9.78 Å². The molecule has 4 aromatic rings. The van der Waals surface area contributed by atoms with Crippen LogP contribution in [0.2, 0.25) is 0 Å². The number of nitrogens with zero attached hydrogens (tertiary/aromatic N) is 6. The van der Waals surface area contributed by atoms with Crippen molar-refractivity contribution >= 4 is 11.7 Å². The van der Waals surface area contributed by atoms with Crippen molar-refractivity contribution < 1.29 is 13.9 Å². The quantitative estimate of drug-likeness (QED) is 0.490. The van der Waals surface area contributed by atoms with Gasteiger partial charge in [-0.15, -0.1) is 10.2 Å². The van der Waals surface area contributed by atoms with E-state index in [-0.39, 0.29) is 23.5 Å². The van der Waals surface area contributed by atoms with E-state index in [4.69, 9.17) is 9.15 Å². The van der Waals surface area contributed by atoms with E-state index in [2.05, 4.69) is 25.3 Å². The van der Waals surface area contributed by atoms with Gasteiger partial charge >= 0.3 is 6.09 Å². The number of fused-ring (bicyclic) bond motifs is 1. The van der Waals surface area contributed by atoms with E-state index in [1.165, 1.54) is 0 Å². The number of amides is 1. The molecule has 5 heterocycles. The molecule has 1 aliphatic rings. The van der Waals surface area contributed by atoms with Crippen molar-refractivity contribution in [2.24, 2.45) is 0 Å². The SMILES string of the molecule is CC(C)(C)OC(=O)N1CCC(c2cc(=O)[nH]c3c(-c4nnc(-c5ccncc5)o4)cnn23)CC1. The maximum atomic E-state index is 12.5. The Morgan fingerprint density at radius 2 is 1.85 bits per heavy atom. The van der Waals surface area contributed by atoms with Crippen LogP contribution in [0.5, 0.6) is 0 Å². The molecule has 176 valence electrons. The number of piperidine rings is 1. The summed E-state index contributed by atoms with van der Waals surface area (Å²) < 4.78 is 13.0. The van der Waals surface area contributed by atoms with Gasteiger partial charge in [-0.25, -0.2) is 9.31 Å². The van der Waals surface area contributed by atoms with Crippen LogP contribution in [0, 0.1) is 0 Å². The van der Waals surface area contributed by atoms with Crippen LogP contribution in [0.25, 0.3) is 28.6 Å². The van der Waals surface area contributed by atoms with Gasteiger partial charge in [0, 0.05) is 43.0 Å². The molecular formula is C23H25N7O4. The number of rotatable bonds is 3. The van der Waals surface area contributed by atoms with Gasteiger partial charge in [-0.1, -0.05) is 0 Å². The topological polar surface area (TPSA) is 132 Å². The molecule has 5 rings (SSSR count). The lowest BCUT2D eigenvalue weighted by molar-refractivity contribution is 0.0203. The molecule has 0 radical (unpaired) electrons. The Bertz CT molecular complexity index is 1380. The minimum Gasteiger partial charge on any atom is -0.444 e. The van der Waals surface area contributed by atoms with Crippen LogP contribution in [0.1, 0.15) is 45.2 Å². The van der Waals surface area contributed by atoms with Crippen LogP contribution in [0.15, 0.2) is 46.0 Å². The molecule has 0 unspecified atom stereocenters. The Morgan fingerprint density at radius 3 is 2.56 bits per heavy atom. The molecule has 1 saturated heterocycles. The predicted octanol–water partition coefficient (Wildman–Crippen LogP) is 3.25. The van der Waals surface area contributed by atoms with Gasteiger partial charge in [-0.05, 0) is 45.7 Å². The molecule has 0 saturated carbocycles. The smallest absolute Gasteiger partial charge is 0.410 e. The largest absolute Gasteiger partial charge is 0.444 e. The van der Waals surface area contributed by atoms with Gasteiger partial charge in [0.15, 0.2) is 0 Å². The zero-order chi connectivity index (χ0) is 23.9. The van der Waals surface area contributed by atoms with E-state index in [0.717, 1.165) is 11.3 Å². The van der Waals surface area contributed by atoms with Gasteiger partial charge < -0.3 is 19.0 Å². The maximum Gasteiger partial charge on any atom is 0.410 e. The summed E-state index contributed by atoms with van der Waals surface area (Å²) in [5, 5.41) is 12.8. The molecule has 0 aliphatic carbocycles. The Morgan fingerprint density at radius 1 is 1.15 bits per heavy atom. The van der Waals surface area contributed by atoms with E-state index < -0.39 is 5.60 Å². The number of H-pyrrole nitrogens is 1. The van der Waals surface area contributed by atoms with Crippen molar-refractivity contribution in [3.05, 3.63) is 52.8 Å². The standard InChI is InChI=1S/C23H25N7O4/c1-23(2,3)34-22(32)29-10-6-14(7-11-29)17-12-18(31)26-19-16(13-25-30(17)19)21-28-27-20(33-21)15-4-8-24-9-5-15/h4-5,8-9,12-14H,6-7,10-11H2,1-3H3,(H,26,31). The summed E-state index contributed by atoms with van der Waals surface area (Å²) in [4.78, 5) is 33.5. The third-order valence-corrected chi connectivity index (χ3v) is 5.68. The van der Waals surface area contributed by atoms with Crippen LogP contribution < -0.4 is 5.56 Å². The molecule has 0 atom stereocenters. The highest BCUT2D eigenvalue weighted by molar-refractivity contribution is 5.72. The second-order valence-corrected chi connectivity index (χ2v) is 9.27. The fourth-order valence-corrected chi connectivity index (χ4v) is 4.09. The number of pyridine rings is 1. The fourth-order valence-electron chi connectivity index (χ4n) is 4.09. The fraction of sp³-hybridized carbons (Fsp3) is 0.391. The van der Waals surface area contributed by atoms with Crippen molar-refractivity contribution in [2.45, 2.75) is 45.1 Å². The van der Waals surface area contributed by atoms with Crippen LogP contribution >= 0.6 is 0 Å². The first-order chi connectivity index (χ1) is 16.3. The van der Waals surface area contributed by atoms with Crippen LogP contribution in [-0.4, -0.2) is 59.5 Å². The Kier molecular flexibility index (Phi) is 5.39. The zero-order valence-corrected chi connectivity index (χ0v) is 19.2. The number of hydrogen-bond acceptors (Lipinski definition) is 8. The van der Waals surface area contributed by atoms with Crippen LogP contribution in [0.3, 0.4) is 0 Å². The highest BCUT2D eigenvalue weighted by atomic mass is 16.6. The highest BCUT2D eigenvalue weighted by Crippen LogP contribution is 2.31. The minimum absolute atomic E-state index is 0.0614. The Labute approximate surface area is 194 Å². The number of aromatic amines is 1. The number of nitrogens with one attached hydrogen (secondary N) is 1. The minimum atomic E-state index is -0.537. The molecule has 11 nitrogen and oxygen atoms in total. The summed E-state index contributed by atoms with van der Waals surface area (Å²) in [5.41, 5.74) is 1.77. The lowest BCUT2D eigenvalue weighted by Crippen LogP contribution is -2.41. The third-order valence-electron chi connectivity index (χ3n) is 5.68. The monoisotopic (exact) mass is 463 g/mol. The molecule has 4 aromatic heterocycles. The zero-order valence-electron chi connectivity index (χ0n) is 19.2. The van der Waals surface area contributed by atoms with Crippen molar-refractivity contribution in [1.82, 2.24) is 34.7 Å². The third kappa shape index (κ3) is 4.28. The molecule has 0 spiro atoms. The van der Waals surface area contributed by atoms with E-state index in [9.17, 15) is 9.59 Å². The van der Waals surface area contributed by atoms with Gasteiger partial charge in [0.05, 0.1) is 11.9 Å². The summed E-state index contributed by atoms with van der Waals surface area (Å²) in [6.45, 7) is 6.64. The highest BCUT2D eigenvalue weighted by Gasteiger charge is 2.29. The van der Waals surface area contributed by atoms with Crippen LogP contribution in [-0.2, 0) is 4.74 Å². The number of ether oxygens (including phenoxy) is 1. The Balaban J connectivity index is 1.40. The maximum absolute atomic E-state index is 12.5. The average molecular weight is 463 g/mol. The van der Waals surface area contributed by atoms with Crippen LogP contribution in [0.4, 0.5) is 4.79 Å². The summed E-state index contributed by atoms with van der Waals surface area (Å²) in [6, 6.07) is 5.11. The first-order valence-corrected chi connectivity index (χ1v) is 11.1. The van der Waals surface area contributed by atoms with E-state index in [0.29, 0.717) is 43.0 Å². The van der Waals surface area contributed by atoms with Crippen molar-refractivity contribution in [3.63, 3.8) is 0 Å². The summed E-state index contributed by atoms with van der Waals surface area (Å²) in [7, 11) is 0. The second-order valence-electron chi connectivity index (χ2n) is 9.27. The Hall–Kier alpha value is -4.02. The van der Waals surface area contributed by atoms with Gasteiger partial charge in [0.25, 0.3) is 11.4 Å². The lowest BCUT2D eigenvalue weighted by Gasteiger charge is -2.33. The number of hydrogen-bond donors (Lipinski definition) is 1. The molecule has 1 amide bonds. The first kappa shape index (κ1) is 21.8. The molecule has 0 aromatic carbocycles. The molecular weight excluding hydrogens is 438 g/mol. The van der Waals surface area contributed by atoms with E-state index >= 15 is 0 Å². The van der Waals surface area contributed by atoms with Crippen molar-refractivity contribution in [1.29, 1.82) is 0 Å². The second kappa shape index (κ2) is 8.40. The summed E-state index contributed by atoms with van der Waals surface area (Å²) in [5.74, 6) is 0.672. The summed E-state index contributed by atoms with van der Waals surface area (Å²) in [6.07, 6.45) is 5.97.